The molecule has 3 heteroatoms. The van der Waals surface area contributed by atoms with E-state index >= 15 is 0 Å². The monoisotopic (exact) mass is 344 g/mol. The van der Waals surface area contributed by atoms with Crippen LogP contribution >= 0.6 is 0 Å². The molecule has 3 nitrogen and oxygen atoms in total. The summed E-state index contributed by atoms with van der Waals surface area (Å²) in [6.45, 7) is 10.6. The van der Waals surface area contributed by atoms with Crippen LogP contribution < -0.4 is 0 Å². The van der Waals surface area contributed by atoms with Crippen molar-refractivity contribution in [2.24, 2.45) is 11.3 Å². The van der Waals surface area contributed by atoms with Crippen LogP contribution in [0.1, 0.15) is 64.9 Å². The molecule has 0 N–H and O–H groups in total. The zero-order chi connectivity index (χ0) is 17.9. The Balaban J connectivity index is 1.69. The smallest absolute Gasteiger partial charge is 0.205 e. The summed E-state index contributed by atoms with van der Waals surface area (Å²) in [5.74, 6) is 1.29. The molecule has 3 rings (SSSR count). The van der Waals surface area contributed by atoms with E-state index in [1.165, 1.54) is 32.1 Å². The van der Waals surface area contributed by atoms with Gasteiger partial charge in [0.05, 0.1) is 6.10 Å². The molecule has 2 aliphatic rings. The van der Waals surface area contributed by atoms with Crippen LogP contribution in [0.4, 0.5) is 0 Å². The van der Waals surface area contributed by atoms with Crippen LogP contribution in [0.15, 0.2) is 36.9 Å². The average Bonchev–Trinajstić information content (AvgIpc) is 2.62. The van der Waals surface area contributed by atoms with Crippen LogP contribution in [-0.4, -0.2) is 18.7 Å². The maximum Gasteiger partial charge on any atom is 0.205 e. The minimum Gasteiger partial charge on any atom is -0.465 e. The van der Waals surface area contributed by atoms with E-state index < -0.39 is 0 Å². The van der Waals surface area contributed by atoms with Gasteiger partial charge in [0.2, 0.25) is 6.29 Å². The molecule has 3 atom stereocenters. The van der Waals surface area contributed by atoms with Crippen molar-refractivity contribution in [2.75, 3.05) is 0 Å². The highest BCUT2D eigenvalue weighted by molar-refractivity contribution is 5.57. The highest BCUT2D eigenvalue weighted by Crippen LogP contribution is 2.38. The SMILES string of the molecule is C=C(O[C@H]1C[C@H](C2CCCCC2)O[C@H](C(C)(C)C)O1)c1ccccc1. The molecule has 0 radical (unpaired) electrons. The second kappa shape index (κ2) is 7.92. The van der Waals surface area contributed by atoms with E-state index in [9.17, 15) is 0 Å². The molecule has 0 amide bonds. The van der Waals surface area contributed by atoms with Crippen molar-refractivity contribution in [3.63, 3.8) is 0 Å². The van der Waals surface area contributed by atoms with Crippen LogP contribution in [0.2, 0.25) is 0 Å². The molecular weight excluding hydrogens is 312 g/mol. The van der Waals surface area contributed by atoms with Gasteiger partial charge in [-0.1, -0.05) is 76.9 Å². The Hall–Kier alpha value is -1.32. The topological polar surface area (TPSA) is 27.7 Å². The zero-order valence-corrected chi connectivity index (χ0v) is 15.9. The number of ether oxygens (including phenoxy) is 3. The number of hydrogen-bond acceptors (Lipinski definition) is 3. The maximum atomic E-state index is 6.38. The standard InChI is InChI=1S/C22H32O3/c1-16(17-11-7-5-8-12-17)23-20-15-19(18-13-9-6-10-14-18)24-21(25-20)22(2,3)4/h5,7-8,11-12,18-21H,1,6,9-10,13-15H2,2-4H3/t19-,20-,21+/m1/s1. The predicted molar refractivity (Wildman–Crippen MR) is 101 cm³/mol. The fourth-order valence-electron chi connectivity index (χ4n) is 3.77. The molecule has 0 aromatic heterocycles. The third-order valence-corrected chi connectivity index (χ3v) is 5.25. The highest BCUT2D eigenvalue weighted by Gasteiger charge is 2.41. The molecule has 0 spiro atoms. The second-order valence-corrected chi connectivity index (χ2v) is 8.48. The van der Waals surface area contributed by atoms with Gasteiger partial charge in [-0.25, -0.2) is 0 Å². The molecule has 1 heterocycles. The van der Waals surface area contributed by atoms with Gasteiger partial charge >= 0.3 is 0 Å². The minimum absolute atomic E-state index is 0.0803. The fraction of sp³-hybridized carbons (Fsp3) is 0.636. The van der Waals surface area contributed by atoms with E-state index in [2.05, 4.69) is 27.4 Å². The lowest BCUT2D eigenvalue weighted by molar-refractivity contribution is -0.328. The molecule has 1 aliphatic carbocycles. The predicted octanol–water partition coefficient (Wildman–Crippen LogP) is 5.76. The van der Waals surface area contributed by atoms with Crippen LogP contribution in [0, 0.1) is 11.3 Å². The summed E-state index contributed by atoms with van der Waals surface area (Å²) >= 11 is 0. The highest BCUT2D eigenvalue weighted by atomic mass is 16.8. The van der Waals surface area contributed by atoms with Crippen molar-refractivity contribution in [3.05, 3.63) is 42.5 Å². The van der Waals surface area contributed by atoms with Gasteiger partial charge in [0.15, 0.2) is 6.29 Å². The van der Waals surface area contributed by atoms with Crippen molar-refractivity contribution in [1.29, 1.82) is 0 Å². The van der Waals surface area contributed by atoms with Crippen molar-refractivity contribution < 1.29 is 14.2 Å². The average molecular weight is 344 g/mol. The Morgan fingerprint density at radius 1 is 1.04 bits per heavy atom. The molecule has 25 heavy (non-hydrogen) atoms. The molecule has 138 valence electrons. The van der Waals surface area contributed by atoms with Gasteiger partial charge in [-0.15, -0.1) is 0 Å². The summed E-state index contributed by atoms with van der Waals surface area (Å²) < 4.78 is 18.7. The van der Waals surface area contributed by atoms with Gasteiger partial charge in [-0.05, 0) is 18.8 Å². The van der Waals surface area contributed by atoms with E-state index in [4.69, 9.17) is 14.2 Å². The lowest BCUT2D eigenvalue weighted by atomic mass is 9.83. The summed E-state index contributed by atoms with van der Waals surface area (Å²) in [5.41, 5.74) is 0.919. The third-order valence-electron chi connectivity index (χ3n) is 5.25. The van der Waals surface area contributed by atoms with Crippen molar-refractivity contribution in [1.82, 2.24) is 0 Å². The van der Waals surface area contributed by atoms with Crippen LogP contribution in [0.3, 0.4) is 0 Å². The number of benzene rings is 1. The molecule has 1 saturated heterocycles. The number of hydrogen-bond donors (Lipinski definition) is 0. The van der Waals surface area contributed by atoms with Crippen LogP contribution in [0.25, 0.3) is 5.76 Å². The Morgan fingerprint density at radius 2 is 1.72 bits per heavy atom. The van der Waals surface area contributed by atoms with Crippen LogP contribution in [0.5, 0.6) is 0 Å². The molecular formula is C22H32O3. The van der Waals surface area contributed by atoms with Crippen molar-refractivity contribution in [2.45, 2.75) is 78.0 Å². The largest absolute Gasteiger partial charge is 0.465 e. The van der Waals surface area contributed by atoms with Gasteiger partial charge in [-0.3, -0.25) is 0 Å². The van der Waals surface area contributed by atoms with E-state index in [0.29, 0.717) is 11.7 Å². The summed E-state index contributed by atoms with van der Waals surface area (Å²) in [5, 5.41) is 0. The zero-order valence-electron chi connectivity index (χ0n) is 15.9. The Morgan fingerprint density at radius 3 is 2.36 bits per heavy atom. The first-order valence-electron chi connectivity index (χ1n) is 9.65. The van der Waals surface area contributed by atoms with E-state index in [0.717, 1.165) is 12.0 Å². The summed E-state index contributed by atoms with van der Waals surface area (Å²) in [4.78, 5) is 0. The third kappa shape index (κ3) is 4.86. The van der Waals surface area contributed by atoms with Gasteiger partial charge < -0.3 is 14.2 Å². The van der Waals surface area contributed by atoms with E-state index in [1.807, 2.05) is 30.3 Å². The molecule has 1 aromatic carbocycles. The molecule has 2 fully saturated rings. The first-order chi connectivity index (χ1) is 11.9. The fourth-order valence-corrected chi connectivity index (χ4v) is 3.77. The summed E-state index contributed by atoms with van der Waals surface area (Å²) in [6.07, 6.45) is 6.95. The molecule has 1 aromatic rings. The van der Waals surface area contributed by atoms with E-state index in [-0.39, 0.29) is 24.1 Å². The summed E-state index contributed by atoms with van der Waals surface area (Å²) in [6, 6.07) is 10.0. The van der Waals surface area contributed by atoms with Gasteiger partial charge in [0, 0.05) is 17.4 Å². The Bertz CT molecular complexity index is 554. The lowest BCUT2D eigenvalue weighted by Crippen LogP contribution is -2.48. The van der Waals surface area contributed by atoms with Gasteiger partial charge in [0.25, 0.3) is 0 Å². The van der Waals surface area contributed by atoms with Gasteiger partial charge in [-0.2, -0.15) is 0 Å². The summed E-state index contributed by atoms with van der Waals surface area (Å²) in [7, 11) is 0. The minimum atomic E-state index is -0.294. The lowest BCUT2D eigenvalue weighted by Gasteiger charge is -2.44. The first-order valence-corrected chi connectivity index (χ1v) is 9.65. The quantitative estimate of drug-likeness (QED) is 0.650. The maximum absolute atomic E-state index is 6.38. The van der Waals surface area contributed by atoms with Crippen LogP contribution in [-0.2, 0) is 14.2 Å². The molecule has 0 bridgehead atoms. The molecule has 0 unspecified atom stereocenters. The Kier molecular flexibility index (Phi) is 5.85. The normalized spacial score (nSPS) is 28.5. The molecule has 1 saturated carbocycles. The molecule has 1 aliphatic heterocycles. The van der Waals surface area contributed by atoms with Crippen molar-refractivity contribution in [3.8, 4) is 0 Å². The second-order valence-electron chi connectivity index (χ2n) is 8.48. The van der Waals surface area contributed by atoms with Crippen molar-refractivity contribution >= 4 is 5.76 Å². The number of rotatable bonds is 4. The Labute approximate surface area is 152 Å². The van der Waals surface area contributed by atoms with E-state index in [1.54, 1.807) is 0 Å². The van der Waals surface area contributed by atoms with Gasteiger partial charge in [0.1, 0.15) is 5.76 Å². The first kappa shape index (κ1) is 18.5.